The van der Waals surface area contributed by atoms with Crippen molar-refractivity contribution in [3.05, 3.63) is 89.0 Å². The average Bonchev–Trinajstić information content (AvgIpc) is 2.95. The lowest BCUT2D eigenvalue weighted by molar-refractivity contribution is -0.140. The average molecular weight is 594 g/mol. The first kappa shape index (κ1) is 32.7. The standard InChI is InChI=1S/C33H43N3O5S/c1-8-26(6)34-33(38)29(9-2)35(21-27-12-10-11-24(4)19-27)32(37)22-36(30-20-25(5)15-18-31(30)41-7)42(39,40)28-16-13-23(3)14-17-28/h10-20,26,29H,8-9,21-22H2,1-7H3,(H,34,38)/t26-,29+/m0/s1. The van der Waals surface area contributed by atoms with Gasteiger partial charge in [0.1, 0.15) is 18.3 Å². The topological polar surface area (TPSA) is 96.0 Å². The van der Waals surface area contributed by atoms with Crippen molar-refractivity contribution >= 4 is 27.5 Å². The highest BCUT2D eigenvalue weighted by atomic mass is 32.2. The Hall–Kier alpha value is -3.85. The molecule has 0 unspecified atom stereocenters. The van der Waals surface area contributed by atoms with Gasteiger partial charge in [0.25, 0.3) is 10.0 Å². The van der Waals surface area contributed by atoms with Crippen LogP contribution in [-0.4, -0.2) is 50.9 Å². The number of amides is 2. The van der Waals surface area contributed by atoms with Crippen LogP contribution in [0.25, 0.3) is 0 Å². The summed E-state index contributed by atoms with van der Waals surface area (Å²) >= 11 is 0. The van der Waals surface area contributed by atoms with Gasteiger partial charge in [0.05, 0.1) is 17.7 Å². The molecule has 0 saturated heterocycles. The summed E-state index contributed by atoms with van der Waals surface area (Å²) < 4.78 is 35.0. The Morgan fingerprint density at radius 1 is 0.881 bits per heavy atom. The molecule has 0 aliphatic heterocycles. The summed E-state index contributed by atoms with van der Waals surface area (Å²) in [6, 6.07) is 18.6. The van der Waals surface area contributed by atoms with Gasteiger partial charge >= 0.3 is 0 Å². The minimum atomic E-state index is -4.20. The second kappa shape index (κ2) is 14.4. The lowest BCUT2D eigenvalue weighted by atomic mass is 10.1. The summed E-state index contributed by atoms with van der Waals surface area (Å²) in [6.45, 7) is 11.1. The van der Waals surface area contributed by atoms with Crippen LogP contribution in [0.3, 0.4) is 0 Å². The summed E-state index contributed by atoms with van der Waals surface area (Å²) in [7, 11) is -2.74. The van der Waals surface area contributed by atoms with Crippen molar-refractivity contribution in [2.45, 2.75) is 77.9 Å². The van der Waals surface area contributed by atoms with Gasteiger partial charge in [-0.1, -0.05) is 67.4 Å². The van der Waals surface area contributed by atoms with Crippen molar-refractivity contribution in [3.63, 3.8) is 0 Å². The fourth-order valence-corrected chi connectivity index (χ4v) is 6.13. The number of nitrogens with zero attached hydrogens (tertiary/aromatic N) is 2. The quantitative estimate of drug-likeness (QED) is 0.281. The van der Waals surface area contributed by atoms with E-state index in [2.05, 4.69) is 5.32 Å². The van der Waals surface area contributed by atoms with Gasteiger partial charge in [0, 0.05) is 12.6 Å². The Labute approximate surface area is 250 Å². The van der Waals surface area contributed by atoms with Crippen LogP contribution >= 0.6 is 0 Å². The van der Waals surface area contributed by atoms with Crippen molar-refractivity contribution in [1.29, 1.82) is 0 Å². The van der Waals surface area contributed by atoms with Crippen molar-refractivity contribution < 1.29 is 22.7 Å². The highest BCUT2D eigenvalue weighted by Gasteiger charge is 2.35. The minimum absolute atomic E-state index is 0.0521. The molecule has 2 amide bonds. The molecular formula is C33H43N3O5S. The number of nitrogens with one attached hydrogen (secondary N) is 1. The summed E-state index contributed by atoms with van der Waals surface area (Å²) in [4.78, 5) is 29.3. The van der Waals surface area contributed by atoms with Crippen molar-refractivity contribution in [2.24, 2.45) is 0 Å². The van der Waals surface area contributed by atoms with Crippen molar-refractivity contribution in [1.82, 2.24) is 10.2 Å². The monoisotopic (exact) mass is 593 g/mol. The normalized spacial score (nSPS) is 12.7. The highest BCUT2D eigenvalue weighted by molar-refractivity contribution is 7.92. The highest BCUT2D eigenvalue weighted by Crippen LogP contribution is 2.34. The number of carbonyl (C=O) groups excluding carboxylic acids is 2. The van der Waals surface area contributed by atoms with E-state index in [0.717, 1.165) is 33.0 Å². The molecule has 0 aromatic heterocycles. The summed E-state index contributed by atoms with van der Waals surface area (Å²) in [5.74, 6) is -0.452. The maximum Gasteiger partial charge on any atom is 0.264 e. The number of anilines is 1. The lowest BCUT2D eigenvalue weighted by Gasteiger charge is -2.34. The molecule has 0 aliphatic rings. The van der Waals surface area contributed by atoms with Crippen LogP contribution in [-0.2, 0) is 26.2 Å². The largest absolute Gasteiger partial charge is 0.495 e. The summed E-state index contributed by atoms with van der Waals surface area (Å²) in [6.07, 6.45) is 1.10. The number of sulfonamides is 1. The van der Waals surface area contributed by atoms with Gasteiger partial charge in [-0.05, 0) is 75.9 Å². The predicted octanol–water partition coefficient (Wildman–Crippen LogP) is 5.54. The van der Waals surface area contributed by atoms with E-state index in [1.165, 1.54) is 24.1 Å². The maximum atomic E-state index is 14.3. The Bertz CT molecular complexity index is 1490. The fourth-order valence-electron chi connectivity index (χ4n) is 4.71. The molecule has 42 heavy (non-hydrogen) atoms. The van der Waals surface area contributed by atoms with Crippen molar-refractivity contribution in [3.8, 4) is 5.75 Å². The number of methoxy groups -OCH3 is 1. The molecule has 0 bridgehead atoms. The summed E-state index contributed by atoms with van der Waals surface area (Å²) in [5.41, 5.74) is 3.83. The van der Waals surface area contributed by atoms with E-state index in [1.807, 2.05) is 71.9 Å². The maximum absolute atomic E-state index is 14.3. The third-order valence-electron chi connectivity index (χ3n) is 7.31. The number of hydrogen-bond acceptors (Lipinski definition) is 5. The number of aryl methyl sites for hydroxylation is 3. The van der Waals surface area contributed by atoms with Crippen molar-refractivity contribution in [2.75, 3.05) is 18.0 Å². The number of hydrogen-bond donors (Lipinski definition) is 1. The van der Waals surface area contributed by atoms with Crippen LogP contribution in [0.1, 0.15) is 55.9 Å². The Kier molecular flexibility index (Phi) is 11.2. The van der Waals surface area contributed by atoms with E-state index < -0.39 is 28.5 Å². The van der Waals surface area contributed by atoms with Gasteiger partial charge in [-0.15, -0.1) is 0 Å². The zero-order valence-electron chi connectivity index (χ0n) is 25.7. The van der Waals surface area contributed by atoms with Gasteiger partial charge in [-0.3, -0.25) is 13.9 Å². The van der Waals surface area contributed by atoms with E-state index in [1.54, 1.807) is 24.3 Å². The van der Waals surface area contributed by atoms with Gasteiger partial charge in [0.2, 0.25) is 11.8 Å². The van der Waals surface area contributed by atoms with Crippen LogP contribution < -0.4 is 14.4 Å². The zero-order valence-corrected chi connectivity index (χ0v) is 26.5. The molecule has 0 fully saturated rings. The predicted molar refractivity (Wildman–Crippen MR) is 167 cm³/mol. The van der Waals surface area contributed by atoms with Crippen LogP contribution in [0.2, 0.25) is 0 Å². The van der Waals surface area contributed by atoms with Crippen LogP contribution in [0, 0.1) is 20.8 Å². The Morgan fingerprint density at radius 2 is 1.52 bits per heavy atom. The number of ether oxygens (including phenoxy) is 1. The molecule has 9 heteroatoms. The molecule has 0 aliphatic carbocycles. The number of carbonyl (C=O) groups is 2. The number of rotatable bonds is 13. The molecule has 0 heterocycles. The molecule has 3 rings (SSSR count). The lowest BCUT2D eigenvalue weighted by Crippen LogP contribution is -2.53. The fraction of sp³-hybridized carbons (Fsp3) is 0.394. The van der Waals surface area contributed by atoms with E-state index >= 15 is 0 Å². The minimum Gasteiger partial charge on any atom is -0.495 e. The number of benzene rings is 3. The van der Waals surface area contributed by atoms with E-state index in [-0.39, 0.29) is 29.1 Å². The molecule has 1 N–H and O–H groups in total. The first-order chi connectivity index (χ1) is 19.9. The zero-order chi connectivity index (χ0) is 31.0. The third kappa shape index (κ3) is 7.91. The first-order valence-electron chi connectivity index (χ1n) is 14.3. The van der Waals surface area contributed by atoms with Crippen LogP contribution in [0.4, 0.5) is 5.69 Å². The molecule has 0 radical (unpaired) electrons. The molecule has 0 saturated carbocycles. The van der Waals surface area contributed by atoms with Crippen LogP contribution in [0.5, 0.6) is 5.75 Å². The molecule has 3 aromatic rings. The smallest absolute Gasteiger partial charge is 0.264 e. The molecule has 8 nitrogen and oxygen atoms in total. The second-order valence-corrected chi connectivity index (χ2v) is 12.6. The third-order valence-corrected chi connectivity index (χ3v) is 9.09. The van der Waals surface area contributed by atoms with Gasteiger partial charge in [-0.2, -0.15) is 0 Å². The molecule has 2 atom stereocenters. The van der Waals surface area contributed by atoms with Gasteiger partial charge in [-0.25, -0.2) is 8.42 Å². The molecule has 3 aromatic carbocycles. The SMILES string of the molecule is CC[C@H](C(=O)N[C@@H](C)CC)N(Cc1cccc(C)c1)C(=O)CN(c1cc(C)ccc1OC)S(=O)(=O)c1ccc(C)cc1. The van der Waals surface area contributed by atoms with E-state index in [0.29, 0.717) is 12.2 Å². The second-order valence-electron chi connectivity index (χ2n) is 10.8. The summed E-state index contributed by atoms with van der Waals surface area (Å²) in [5, 5.41) is 3.00. The van der Waals surface area contributed by atoms with E-state index in [9.17, 15) is 18.0 Å². The van der Waals surface area contributed by atoms with Gasteiger partial charge in [0.15, 0.2) is 0 Å². The first-order valence-corrected chi connectivity index (χ1v) is 15.7. The molecular weight excluding hydrogens is 550 g/mol. The Balaban J connectivity index is 2.13. The van der Waals surface area contributed by atoms with E-state index in [4.69, 9.17) is 4.74 Å². The molecule has 226 valence electrons. The van der Waals surface area contributed by atoms with Crippen LogP contribution in [0.15, 0.2) is 71.6 Å². The van der Waals surface area contributed by atoms with Gasteiger partial charge < -0.3 is 15.0 Å². The Morgan fingerprint density at radius 3 is 2.12 bits per heavy atom. The molecule has 0 spiro atoms.